The molecule has 0 aromatic heterocycles. The second kappa shape index (κ2) is 12.1. The van der Waals surface area contributed by atoms with Crippen molar-refractivity contribution in [3.63, 3.8) is 0 Å². The second-order valence-electron chi connectivity index (χ2n) is 10.6. The molecule has 0 saturated carbocycles. The fraction of sp³-hybridized carbons (Fsp3) is 0.0244. The molecule has 0 fully saturated rings. The van der Waals surface area contributed by atoms with E-state index in [1.807, 2.05) is 0 Å². The number of hydrogen-bond donors (Lipinski definition) is 0. The van der Waals surface area contributed by atoms with Gasteiger partial charge < -0.3 is 4.90 Å². The molecule has 0 spiro atoms. The Morgan fingerprint density at radius 1 is 0.395 bits per heavy atom. The first-order valence-corrected chi connectivity index (χ1v) is 15.8. The zero-order valence-electron chi connectivity index (χ0n) is 24.0. The minimum atomic E-state index is 1.12. The lowest BCUT2D eigenvalue weighted by molar-refractivity contribution is 1.28. The molecule has 206 valence electrons. The van der Waals surface area contributed by atoms with E-state index < -0.39 is 0 Å². The molecule has 0 bridgehead atoms. The number of anilines is 3. The lowest BCUT2D eigenvalue weighted by atomic mass is 9.94. The highest BCUT2D eigenvalue weighted by Crippen LogP contribution is 2.44. The van der Waals surface area contributed by atoms with E-state index in [1.54, 1.807) is 11.8 Å². The molecule has 7 aromatic rings. The number of para-hydroxylation sites is 1. The number of benzene rings is 7. The molecule has 0 heterocycles. The summed E-state index contributed by atoms with van der Waals surface area (Å²) in [5, 5.41) is 2.48. The van der Waals surface area contributed by atoms with Gasteiger partial charge in [-0.1, -0.05) is 121 Å². The zero-order valence-corrected chi connectivity index (χ0v) is 24.8. The van der Waals surface area contributed by atoms with E-state index in [9.17, 15) is 0 Å². The molecule has 0 N–H and O–H groups in total. The molecule has 7 rings (SSSR count). The van der Waals surface area contributed by atoms with Crippen molar-refractivity contribution in [2.45, 2.75) is 4.90 Å². The molecule has 0 atom stereocenters. The summed E-state index contributed by atoms with van der Waals surface area (Å²) in [6, 6.07) is 61.1. The number of rotatable bonds is 7. The third-order valence-electron chi connectivity index (χ3n) is 7.96. The van der Waals surface area contributed by atoms with Gasteiger partial charge in [0.1, 0.15) is 0 Å². The zero-order chi connectivity index (χ0) is 29.0. The highest BCUT2D eigenvalue weighted by molar-refractivity contribution is 7.98. The first-order valence-electron chi connectivity index (χ1n) is 14.6. The van der Waals surface area contributed by atoms with Gasteiger partial charge >= 0.3 is 0 Å². The van der Waals surface area contributed by atoms with Crippen LogP contribution in [0.1, 0.15) is 0 Å². The molecule has 0 amide bonds. The van der Waals surface area contributed by atoms with Crippen LogP contribution in [0.15, 0.2) is 175 Å². The highest BCUT2D eigenvalue weighted by Gasteiger charge is 2.19. The summed E-state index contributed by atoms with van der Waals surface area (Å²) in [5.74, 6) is 0. The van der Waals surface area contributed by atoms with E-state index in [4.69, 9.17) is 0 Å². The third kappa shape index (κ3) is 5.46. The van der Waals surface area contributed by atoms with Gasteiger partial charge in [0.25, 0.3) is 0 Å². The summed E-state index contributed by atoms with van der Waals surface area (Å²) in [7, 11) is 0. The number of thioether (sulfide) groups is 1. The molecule has 1 nitrogen and oxygen atoms in total. The molecular formula is C41H31NS. The van der Waals surface area contributed by atoms with Gasteiger partial charge in [0.15, 0.2) is 0 Å². The van der Waals surface area contributed by atoms with Gasteiger partial charge in [-0.15, -0.1) is 11.8 Å². The van der Waals surface area contributed by atoms with E-state index in [1.165, 1.54) is 49.0 Å². The van der Waals surface area contributed by atoms with E-state index in [-0.39, 0.29) is 0 Å². The maximum Gasteiger partial charge on any atom is 0.0540 e. The van der Waals surface area contributed by atoms with Crippen molar-refractivity contribution >= 4 is 39.6 Å². The van der Waals surface area contributed by atoms with E-state index in [0.717, 1.165) is 17.1 Å². The average molecular weight is 570 g/mol. The molecule has 43 heavy (non-hydrogen) atoms. The summed E-state index contributed by atoms with van der Waals surface area (Å²) < 4.78 is 0. The normalized spacial score (nSPS) is 11.0. The molecule has 0 saturated heterocycles. The second-order valence-corrected chi connectivity index (χ2v) is 11.4. The lowest BCUT2D eigenvalue weighted by Crippen LogP contribution is -2.11. The number of fused-ring (bicyclic) bond motifs is 1. The molecule has 0 aliphatic heterocycles. The Morgan fingerprint density at radius 2 is 0.953 bits per heavy atom. The van der Waals surface area contributed by atoms with Crippen LogP contribution in [0.5, 0.6) is 0 Å². The molecule has 0 unspecified atom stereocenters. The topological polar surface area (TPSA) is 3.24 Å². The Hall–Kier alpha value is -5.05. The Balaban J connectivity index is 1.44. The van der Waals surface area contributed by atoms with Gasteiger partial charge in [-0.3, -0.25) is 0 Å². The quantitative estimate of drug-likeness (QED) is 0.176. The van der Waals surface area contributed by atoms with Gasteiger partial charge in [0.05, 0.1) is 5.69 Å². The highest BCUT2D eigenvalue weighted by atomic mass is 32.2. The smallest absolute Gasteiger partial charge is 0.0540 e. The predicted molar refractivity (Wildman–Crippen MR) is 187 cm³/mol. The molecule has 2 heteroatoms. The van der Waals surface area contributed by atoms with Crippen LogP contribution in [0.3, 0.4) is 0 Å². The Morgan fingerprint density at radius 3 is 1.72 bits per heavy atom. The first-order chi connectivity index (χ1) is 21.3. The van der Waals surface area contributed by atoms with Crippen LogP contribution in [0.2, 0.25) is 0 Å². The molecule has 0 radical (unpaired) electrons. The number of nitrogens with zero attached hydrogens (tertiary/aromatic N) is 1. The summed E-state index contributed by atoms with van der Waals surface area (Å²) in [5.41, 5.74) is 10.6. The van der Waals surface area contributed by atoms with Crippen molar-refractivity contribution in [2.24, 2.45) is 0 Å². The van der Waals surface area contributed by atoms with Crippen LogP contribution >= 0.6 is 11.8 Å². The van der Waals surface area contributed by atoms with E-state index in [2.05, 4.69) is 181 Å². The van der Waals surface area contributed by atoms with Crippen molar-refractivity contribution in [3.8, 4) is 33.4 Å². The van der Waals surface area contributed by atoms with Gasteiger partial charge in [0.2, 0.25) is 0 Å². The maximum absolute atomic E-state index is 2.38. The van der Waals surface area contributed by atoms with Crippen molar-refractivity contribution < 1.29 is 0 Å². The van der Waals surface area contributed by atoms with Gasteiger partial charge in [0, 0.05) is 21.8 Å². The minimum Gasteiger partial charge on any atom is -0.310 e. The van der Waals surface area contributed by atoms with E-state index in [0.29, 0.717) is 0 Å². The van der Waals surface area contributed by atoms with Crippen molar-refractivity contribution in [2.75, 3.05) is 11.2 Å². The van der Waals surface area contributed by atoms with Crippen LogP contribution in [-0.4, -0.2) is 6.26 Å². The monoisotopic (exact) mass is 569 g/mol. The maximum atomic E-state index is 2.38. The van der Waals surface area contributed by atoms with Crippen LogP contribution in [0, 0.1) is 0 Å². The number of hydrogen-bond acceptors (Lipinski definition) is 2. The average Bonchev–Trinajstić information content (AvgIpc) is 3.09. The van der Waals surface area contributed by atoms with Crippen LogP contribution in [0.4, 0.5) is 17.1 Å². The van der Waals surface area contributed by atoms with Crippen molar-refractivity contribution in [3.05, 3.63) is 170 Å². The molecule has 0 aliphatic rings. The standard InChI is InChI=1S/C41H31NS/c1-43-41-19-11-10-18-38(41)35-24-27-40(39(29-35)34-21-20-31-14-8-9-15-33(31)28-34)42(36-16-6-3-7-17-36)37-25-22-32(23-26-37)30-12-4-2-5-13-30/h2-29H,1H3. The molecule has 7 aromatic carbocycles. The fourth-order valence-electron chi connectivity index (χ4n) is 5.81. The van der Waals surface area contributed by atoms with Gasteiger partial charge in [-0.2, -0.15) is 0 Å². The first kappa shape index (κ1) is 26.8. The Labute approximate surface area is 258 Å². The third-order valence-corrected chi connectivity index (χ3v) is 8.76. The summed E-state index contributed by atoms with van der Waals surface area (Å²) in [6.45, 7) is 0. The Bertz CT molecular complexity index is 2000. The van der Waals surface area contributed by atoms with Crippen LogP contribution in [0.25, 0.3) is 44.2 Å². The van der Waals surface area contributed by atoms with Gasteiger partial charge in [-0.25, -0.2) is 0 Å². The molecular weight excluding hydrogens is 539 g/mol. The van der Waals surface area contributed by atoms with Crippen molar-refractivity contribution in [1.82, 2.24) is 0 Å². The van der Waals surface area contributed by atoms with Crippen LogP contribution in [-0.2, 0) is 0 Å². The molecule has 0 aliphatic carbocycles. The summed E-state index contributed by atoms with van der Waals surface area (Å²) >= 11 is 1.79. The van der Waals surface area contributed by atoms with Crippen LogP contribution < -0.4 is 4.90 Å². The summed E-state index contributed by atoms with van der Waals surface area (Å²) in [6.07, 6.45) is 2.15. The van der Waals surface area contributed by atoms with Gasteiger partial charge in [-0.05, 0) is 93.4 Å². The summed E-state index contributed by atoms with van der Waals surface area (Å²) in [4.78, 5) is 3.65. The SMILES string of the molecule is CSc1ccccc1-c1ccc(N(c2ccccc2)c2ccc(-c3ccccc3)cc2)c(-c2ccc3ccccc3c2)c1. The largest absolute Gasteiger partial charge is 0.310 e. The Kier molecular flexibility index (Phi) is 7.52. The van der Waals surface area contributed by atoms with E-state index >= 15 is 0 Å². The fourth-order valence-corrected chi connectivity index (χ4v) is 6.43. The predicted octanol–water partition coefficient (Wildman–Crippen LogP) is 12.0. The van der Waals surface area contributed by atoms with Crippen molar-refractivity contribution in [1.29, 1.82) is 0 Å². The minimum absolute atomic E-state index is 1.12. The lowest BCUT2D eigenvalue weighted by Gasteiger charge is -2.28.